The second-order valence-electron chi connectivity index (χ2n) is 6.55. The van der Waals surface area contributed by atoms with E-state index in [0.717, 1.165) is 36.1 Å². The summed E-state index contributed by atoms with van der Waals surface area (Å²) in [5.41, 5.74) is 3.52. The summed E-state index contributed by atoms with van der Waals surface area (Å²) in [7, 11) is 0. The van der Waals surface area contributed by atoms with Gasteiger partial charge in [-0.1, -0.05) is 0 Å². The Bertz CT molecular complexity index is 703. The molecule has 0 radical (unpaired) electrons. The van der Waals surface area contributed by atoms with Crippen LogP contribution in [0.2, 0.25) is 0 Å². The minimum absolute atomic E-state index is 0.00694. The highest BCUT2D eigenvalue weighted by Gasteiger charge is 2.37. The molecule has 1 fully saturated rings. The summed E-state index contributed by atoms with van der Waals surface area (Å²) in [5.74, 6) is 0.00694. The molecule has 23 heavy (non-hydrogen) atoms. The molecule has 0 unspecified atom stereocenters. The second-order valence-corrected chi connectivity index (χ2v) is 6.55. The third kappa shape index (κ3) is 2.67. The predicted octanol–water partition coefficient (Wildman–Crippen LogP) is 2.83. The third-order valence-corrected chi connectivity index (χ3v) is 4.62. The van der Waals surface area contributed by atoms with Crippen LogP contribution in [0.4, 0.5) is 0 Å². The molecule has 6 heteroatoms. The number of ether oxygens (including phenoxy) is 1. The molecule has 0 aromatic carbocycles. The van der Waals surface area contributed by atoms with Crippen LogP contribution in [0.5, 0.6) is 0 Å². The minimum atomic E-state index is -0.0500. The average molecular weight is 315 g/mol. The predicted molar refractivity (Wildman–Crippen MR) is 82.9 cm³/mol. The van der Waals surface area contributed by atoms with Crippen LogP contribution in [0, 0.1) is 0 Å². The Labute approximate surface area is 134 Å². The number of fused-ring (bicyclic) bond motifs is 1. The molecule has 2 aromatic rings. The largest absolute Gasteiger partial charge is 0.472 e. The Hall–Kier alpha value is -2.08. The Morgan fingerprint density at radius 3 is 2.96 bits per heavy atom. The van der Waals surface area contributed by atoms with Crippen LogP contribution in [-0.4, -0.2) is 33.2 Å². The van der Waals surface area contributed by atoms with Crippen LogP contribution in [0.1, 0.15) is 60.1 Å². The highest BCUT2D eigenvalue weighted by atomic mass is 16.5. The number of hydrogen-bond donors (Lipinski definition) is 1. The maximum atomic E-state index is 13.1. The molecule has 3 heterocycles. The summed E-state index contributed by atoms with van der Waals surface area (Å²) in [5, 5.41) is 7.33. The van der Waals surface area contributed by atoms with E-state index in [1.54, 1.807) is 12.5 Å². The van der Waals surface area contributed by atoms with E-state index in [1.165, 1.54) is 0 Å². The number of aromatic nitrogens is 2. The summed E-state index contributed by atoms with van der Waals surface area (Å²) in [4.78, 5) is 15.0. The molecule has 2 aliphatic rings. The monoisotopic (exact) mass is 315 g/mol. The van der Waals surface area contributed by atoms with Gasteiger partial charge in [0.1, 0.15) is 0 Å². The first-order chi connectivity index (χ1) is 11.1. The molecular weight excluding hydrogens is 294 g/mol. The molecule has 1 saturated carbocycles. The van der Waals surface area contributed by atoms with Gasteiger partial charge in [-0.15, -0.1) is 0 Å². The molecule has 122 valence electrons. The first-order valence-corrected chi connectivity index (χ1v) is 8.18. The highest BCUT2D eigenvalue weighted by Crippen LogP contribution is 2.34. The number of aromatic amines is 1. The zero-order valence-corrected chi connectivity index (χ0v) is 13.4. The Kier molecular flexibility index (Phi) is 3.49. The molecule has 0 bridgehead atoms. The Morgan fingerprint density at radius 1 is 1.43 bits per heavy atom. The van der Waals surface area contributed by atoms with Gasteiger partial charge in [0, 0.05) is 30.1 Å². The lowest BCUT2D eigenvalue weighted by Gasteiger charge is -2.26. The van der Waals surface area contributed by atoms with Crippen molar-refractivity contribution in [1.82, 2.24) is 15.1 Å². The zero-order chi connectivity index (χ0) is 16.0. The molecular formula is C17H21N3O3. The number of rotatable bonds is 4. The minimum Gasteiger partial charge on any atom is -0.472 e. The van der Waals surface area contributed by atoms with Gasteiger partial charge in [-0.2, -0.15) is 5.10 Å². The lowest BCUT2D eigenvalue weighted by atomic mass is 9.99. The molecule has 2 aromatic heterocycles. The Morgan fingerprint density at radius 2 is 2.26 bits per heavy atom. The van der Waals surface area contributed by atoms with E-state index in [-0.39, 0.29) is 18.1 Å². The van der Waals surface area contributed by atoms with Crippen LogP contribution in [-0.2, 0) is 17.7 Å². The summed E-state index contributed by atoms with van der Waals surface area (Å²) >= 11 is 0. The van der Waals surface area contributed by atoms with E-state index in [1.807, 2.05) is 24.8 Å². The number of H-pyrrole nitrogens is 1. The number of nitrogens with one attached hydrogen (secondary N) is 1. The van der Waals surface area contributed by atoms with E-state index in [9.17, 15) is 4.79 Å². The molecule has 4 rings (SSSR count). The zero-order valence-electron chi connectivity index (χ0n) is 13.4. The van der Waals surface area contributed by atoms with Crippen LogP contribution in [0.3, 0.4) is 0 Å². The summed E-state index contributed by atoms with van der Waals surface area (Å²) in [6, 6.07) is 2.22. The van der Waals surface area contributed by atoms with Gasteiger partial charge in [0.05, 0.1) is 30.4 Å². The van der Waals surface area contributed by atoms with Gasteiger partial charge in [-0.25, -0.2) is 0 Å². The molecule has 1 N–H and O–H groups in total. The molecule has 1 aliphatic carbocycles. The first-order valence-electron chi connectivity index (χ1n) is 8.18. The number of carbonyl (C=O) groups is 1. The molecule has 2 atom stereocenters. The molecule has 6 nitrogen and oxygen atoms in total. The van der Waals surface area contributed by atoms with Gasteiger partial charge in [0.15, 0.2) is 5.69 Å². The van der Waals surface area contributed by atoms with Crippen molar-refractivity contribution in [3.63, 3.8) is 0 Å². The summed E-state index contributed by atoms with van der Waals surface area (Å²) in [6.07, 6.45) is 6.23. The van der Waals surface area contributed by atoms with Crippen molar-refractivity contribution in [2.45, 2.75) is 57.9 Å². The van der Waals surface area contributed by atoms with E-state index >= 15 is 0 Å². The van der Waals surface area contributed by atoms with Crippen LogP contribution >= 0.6 is 0 Å². The van der Waals surface area contributed by atoms with Crippen molar-refractivity contribution in [1.29, 1.82) is 0 Å². The topological polar surface area (TPSA) is 71.4 Å². The van der Waals surface area contributed by atoms with Crippen molar-refractivity contribution in [3.8, 4) is 0 Å². The fraction of sp³-hybridized carbons (Fsp3) is 0.529. The molecule has 1 aliphatic heterocycles. The Balaban J connectivity index is 1.63. The second kappa shape index (κ2) is 5.53. The highest BCUT2D eigenvalue weighted by molar-refractivity contribution is 5.94. The first kappa shape index (κ1) is 14.5. The third-order valence-electron chi connectivity index (χ3n) is 4.62. The number of carbonyl (C=O) groups excluding carboxylic acids is 1. The maximum Gasteiger partial charge on any atom is 0.275 e. The van der Waals surface area contributed by atoms with Gasteiger partial charge < -0.3 is 14.1 Å². The fourth-order valence-electron chi connectivity index (χ4n) is 3.32. The number of nitrogens with zero attached hydrogens (tertiary/aromatic N) is 2. The number of hydrogen-bond acceptors (Lipinski definition) is 4. The van der Waals surface area contributed by atoms with Gasteiger partial charge in [-0.3, -0.25) is 9.89 Å². The van der Waals surface area contributed by atoms with Crippen molar-refractivity contribution >= 4 is 5.91 Å². The van der Waals surface area contributed by atoms with E-state index in [4.69, 9.17) is 9.15 Å². The van der Waals surface area contributed by atoms with Crippen LogP contribution in [0.15, 0.2) is 23.0 Å². The van der Waals surface area contributed by atoms with Crippen LogP contribution < -0.4 is 0 Å². The summed E-state index contributed by atoms with van der Waals surface area (Å²) < 4.78 is 10.9. The van der Waals surface area contributed by atoms with Gasteiger partial charge in [-0.05, 0) is 32.8 Å². The standard InChI is InChI=1S/C17H21N3O3/c1-10-7-14-15(11(2)23-10)18-19-16(14)17(21)20(13-3-4-13)8-12-5-6-22-9-12/h5-6,9-11,13H,3-4,7-8H2,1-2H3,(H,18,19)/t10-,11+/m1/s1. The lowest BCUT2D eigenvalue weighted by molar-refractivity contribution is -0.00702. The van der Waals surface area contributed by atoms with Gasteiger partial charge in [0.2, 0.25) is 0 Å². The van der Waals surface area contributed by atoms with Gasteiger partial charge >= 0.3 is 0 Å². The quantitative estimate of drug-likeness (QED) is 0.941. The summed E-state index contributed by atoms with van der Waals surface area (Å²) in [6.45, 7) is 4.60. The smallest absolute Gasteiger partial charge is 0.275 e. The number of furan rings is 1. The average Bonchev–Trinajstić information content (AvgIpc) is 3.06. The van der Waals surface area contributed by atoms with E-state index in [2.05, 4.69) is 10.2 Å². The molecule has 1 amide bonds. The normalized spacial score (nSPS) is 23.6. The molecule has 0 saturated heterocycles. The van der Waals surface area contributed by atoms with Crippen molar-refractivity contribution < 1.29 is 13.9 Å². The van der Waals surface area contributed by atoms with Crippen molar-refractivity contribution in [2.75, 3.05) is 0 Å². The SMILES string of the molecule is C[C@@H]1Cc2c(C(=O)N(Cc3ccoc3)C3CC3)n[nH]c2[C@H](C)O1. The van der Waals surface area contributed by atoms with Crippen molar-refractivity contribution in [2.24, 2.45) is 0 Å². The van der Waals surface area contributed by atoms with Gasteiger partial charge in [0.25, 0.3) is 5.91 Å². The van der Waals surface area contributed by atoms with Crippen molar-refractivity contribution in [3.05, 3.63) is 41.1 Å². The number of amides is 1. The van der Waals surface area contributed by atoms with E-state index < -0.39 is 0 Å². The fourth-order valence-corrected chi connectivity index (χ4v) is 3.32. The van der Waals surface area contributed by atoms with Crippen LogP contribution in [0.25, 0.3) is 0 Å². The molecule has 0 spiro atoms. The lowest BCUT2D eigenvalue weighted by Crippen LogP contribution is -2.34. The maximum absolute atomic E-state index is 13.1. The van der Waals surface area contributed by atoms with E-state index in [0.29, 0.717) is 18.3 Å².